The average molecular weight is 474 g/mol. The smallest absolute Gasteiger partial charge is 0.409 e. The van der Waals surface area contributed by atoms with Crippen molar-refractivity contribution in [2.75, 3.05) is 90.2 Å². The molecule has 0 aromatic heterocycles. The Balaban J connectivity index is 1.18. The van der Waals surface area contributed by atoms with Crippen LogP contribution in [0.3, 0.4) is 0 Å². The topological polar surface area (TPSA) is 77.6 Å². The van der Waals surface area contributed by atoms with Gasteiger partial charge in [-0.05, 0) is 44.0 Å². The number of morpholine rings is 1. The predicted octanol–water partition coefficient (Wildman–Crippen LogP) is 1.49. The van der Waals surface area contributed by atoms with Crippen LogP contribution in [0, 0.1) is 0 Å². The van der Waals surface area contributed by atoms with E-state index in [2.05, 4.69) is 27.2 Å². The zero-order valence-corrected chi connectivity index (χ0v) is 20.4. The number of nitrogens with one attached hydrogen (secondary N) is 1. The molecule has 0 unspecified atom stereocenters. The minimum absolute atomic E-state index is 0.0261. The van der Waals surface area contributed by atoms with Gasteiger partial charge in [-0.15, -0.1) is 0 Å². The Hall–Kier alpha value is -2.36. The van der Waals surface area contributed by atoms with Gasteiger partial charge in [0.25, 0.3) is 5.91 Å². The van der Waals surface area contributed by atoms with E-state index in [0.717, 1.165) is 65.3 Å². The minimum Gasteiger partial charge on any atom is -0.450 e. The Labute approximate surface area is 202 Å². The highest BCUT2D eigenvalue weighted by molar-refractivity contribution is 5.94. The molecule has 3 saturated heterocycles. The summed E-state index contributed by atoms with van der Waals surface area (Å²) in [6, 6.07) is 8.57. The molecule has 9 heteroatoms. The van der Waals surface area contributed by atoms with Crippen molar-refractivity contribution in [2.24, 2.45) is 0 Å². The van der Waals surface area contributed by atoms with Crippen molar-refractivity contribution in [3.05, 3.63) is 29.8 Å². The second-order valence-electron chi connectivity index (χ2n) is 9.19. The number of carbonyl (C=O) groups is 2. The van der Waals surface area contributed by atoms with Crippen molar-refractivity contribution in [2.45, 2.75) is 25.8 Å². The normalized spacial score (nSPS) is 20.4. The number of anilines is 1. The highest BCUT2D eigenvalue weighted by Gasteiger charge is 2.26. The predicted molar refractivity (Wildman–Crippen MR) is 131 cm³/mol. The van der Waals surface area contributed by atoms with E-state index in [4.69, 9.17) is 9.47 Å². The molecule has 4 rings (SSSR count). The molecule has 1 aromatic carbocycles. The summed E-state index contributed by atoms with van der Waals surface area (Å²) in [6.07, 6.45) is 1.97. The first-order valence-electron chi connectivity index (χ1n) is 12.7. The van der Waals surface area contributed by atoms with Crippen LogP contribution in [-0.2, 0) is 9.47 Å². The number of piperazine rings is 1. The average Bonchev–Trinajstić information content (AvgIpc) is 2.90. The number of rotatable bonds is 7. The van der Waals surface area contributed by atoms with Gasteiger partial charge in [-0.3, -0.25) is 9.69 Å². The van der Waals surface area contributed by atoms with Crippen LogP contribution in [0.25, 0.3) is 0 Å². The molecule has 3 aliphatic rings. The third kappa shape index (κ3) is 6.61. The monoisotopic (exact) mass is 473 g/mol. The lowest BCUT2D eigenvalue weighted by molar-refractivity contribution is 0.0380. The Morgan fingerprint density at radius 1 is 0.941 bits per heavy atom. The summed E-state index contributed by atoms with van der Waals surface area (Å²) in [6.45, 7) is 12.2. The molecule has 3 heterocycles. The van der Waals surface area contributed by atoms with Crippen molar-refractivity contribution in [1.29, 1.82) is 0 Å². The molecule has 9 nitrogen and oxygen atoms in total. The maximum absolute atomic E-state index is 12.9. The van der Waals surface area contributed by atoms with Crippen LogP contribution < -0.4 is 10.2 Å². The molecule has 0 radical (unpaired) electrons. The van der Waals surface area contributed by atoms with Gasteiger partial charge in [0.05, 0.1) is 19.8 Å². The Bertz CT molecular complexity index is 783. The minimum atomic E-state index is -0.296. The second kappa shape index (κ2) is 12.4. The first-order valence-corrected chi connectivity index (χ1v) is 12.7. The SMILES string of the molecule is CCOC(=O)N1CCN(C(=O)c2ccc(N3CCC(NCCN4CCOCC4)CC3)cc2)CC1. The number of nitrogens with zero attached hydrogens (tertiary/aromatic N) is 4. The Morgan fingerprint density at radius 3 is 2.24 bits per heavy atom. The number of piperidine rings is 1. The molecule has 0 atom stereocenters. The van der Waals surface area contributed by atoms with Crippen molar-refractivity contribution in [1.82, 2.24) is 20.0 Å². The van der Waals surface area contributed by atoms with Crippen molar-refractivity contribution in [3.63, 3.8) is 0 Å². The zero-order chi connectivity index (χ0) is 23.8. The fourth-order valence-electron chi connectivity index (χ4n) is 4.90. The largest absolute Gasteiger partial charge is 0.450 e. The van der Waals surface area contributed by atoms with Crippen LogP contribution >= 0.6 is 0 Å². The molecule has 0 aliphatic carbocycles. The van der Waals surface area contributed by atoms with Gasteiger partial charge < -0.3 is 29.5 Å². The maximum atomic E-state index is 12.9. The lowest BCUT2D eigenvalue weighted by atomic mass is 10.0. The number of benzene rings is 1. The number of ether oxygens (including phenoxy) is 2. The molecule has 0 spiro atoms. The fourth-order valence-corrected chi connectivity index (χ4v) is 4.90. The summed E-state index contributed by atoms with van der Waals surface area (Å²) in [7, 11) is 0. The third-order valence-corrected chi connectivity index (χ3v) is 7.03. The number of hydrogen-bond donors (Lipinski definition) is 1. The highest BCUT2D eigenvalue weighted by atomic mass is 16.6. The molecule has 34 heavy (non-hydrogen) atoms. The summed E-state index contributed by atoms with van der Waals surface area (Å²) in [5.74, 6) is 0.0261. The zero-order valence-electron chi connectivity index (χ0n) is 20.4. The van der Waals surface area contributed by atoms with Gasteiger partial charge in [0.15, 0.2) is 0 Å². The van der Waals surface area contributed by atoms with Crippen molar-refractivity contribution in [3.8, 4) is 0 Å². The summed E-state index contributed by atoms with van der Waals surface area (Å²) in [4.78, 5) is 33.1. The molecule has 2 amide bonds. The fraction of sp³-hybridized carbons (Fsp3) is 0.680. The summed E-state index contributed by atoms with van der Waals surface area (Å²) >= 11 is 0. The van der Waals surface area contributed by atoms with E-state index in [-0.39, 0.29) is 12.0 Å². The van der Waals surface area contributed by atoms with Gasteiger partial charge in [-0.25, -0.2) is 4.79 Å². The lowest BCUT2D eigenvalue weighted by Crippen LogP contribution is -2.50. The van der Waals surface area contributed by atoms with Crippen molar-refractivity contribution >= 4 is 17.7 Å². The van der Waals surface area contributed by atoms with Crippen LogP contribution in [-0.4, -0.2) is 118 Å². The number of carbonyl (C=O) groups excluding carboxylic acids is 2. The van der Waals surface area contributed by atoms with E-state index < -0.39 is 0 Å². The van der Waals surface area contributed by atoms with Gasteiger partial charge in [0.1, 0.15) is 0 Å². The van der Waals surface area contributed by atoms with Gasteiger partial charge >= 0.3 is 6.09 Å². The quantitative estimate of drug-likeness (QED) is 0.643. The van der Waals surface area contributed by atoms with E-state index in [1.807, 2.05) is 17.0 Å². The maximum Gasteiger partial charge on any atom is 0.409 e. The second-order valence-corrected chi connectivity index (χ2v) is 9.19. The molecule has 1 aromatic rings. The van der Waals surface area contributed by atoms with Gasteiger partial charge in [-0.1, -0.05) is 0 Å². The molecule has 0 saturated carbocycles. The van der Waals surface area contributed by atoms with E-state index in [1.165, 1.54) is 5.69 Å². The Morgan fingerprint density at radius 2 is 1.59 bits per heavy atom. The molecule has 0 bridgehead atoms. The van der Waals surface area contributed by atoms with Crippen molar-refractivity contribution < 1.29 is 19.1 Å². The molecular weight excluding hydrogens is 434 g/mol. The summed E-state index contributed by atoms with van der Waals surface area (Å²) in [5.41, 5.74) is 1.88. The Kier molecular flexibility index (Phi) is 9.01. The molecule has 1 N–H and O–H groups in total. The molecule has 188 valence electrons. The van der Waals surface area contributed by atoms with E-state index in [9.17, 15) is 9.59 Å². The third-order valence-electron chi connectivity index (χ3n) is 7.03. The highest BCUT2D eigenvalue weighted by Crippen LogP contribution is 2.21. The van der Waals surface area contributed by atoms with E-state index in [0.29, 0.717) is 44.4 Å². The molecular formula is C25H39N5O4. The van der Waals surface area contributed by atoms with Gasteiger partial charge in [0, 0.05) is 82.7 Å². The van der Waals surface area contributed by atoms with Gasteiger partial charge in [0.2, 0.25) is 0 Å². The van der Waals surface area contributed by atoms with Crippen LogP contribution in [0.4, 0.5) is 10.5 Å². The molecule has 3 fully saturated rings. The van der Waals surface area contributed by atoms with E-state index in [1.54, 1.807) is 11.8 Å². The molecule has 3 aliphatic heterocycles. The van der Waals surface area contributed by atoms with Gasteiger partial charge in [-0.2, -0.15) is 0 Å². The van der Waals surface area contributed by atoms with Crippen LogP contribution in [0.1, 0.15) is 30.1 Å². The van der Waals surface area contributed by atoms with Crippen LogP contribution in [0.5, 0.6) is 0 Å². The first-order chi connectivity index (χ1) is 16.6. The number of hydrogen-bond acceptors (Lipinski definition) is 7. The summed E-state index contributed by atoms with van der Waals surface area (Å²) < 4.78 is 10.5. The number of amides is 2. The first kappa shape index (κ1) is 24.8. The lowest BCUT2D eigenvalue weighted by Gasteiger charge is -2.35. The van der Waals surface area contributed by atoms with Crippen LogP contribution in [0.15, 0.2) is 24.3 Å². The summed E-state index contributed by atoms with van der Waals surface area (Å²) in [5, 5.41) is 3.73. The standard InChI is InChI=1S/C25H39N5O4/c1-2-34-25(32)30-15-13-29(14-16-30)24(31)21-3-5-23(6-4-21)28-10-7-22(8-11-28)26-9-12-27-17-19-33-20-18-27/h3-6,22,26H,2,7-20H2,1H3. The van der Waals surface area contributed by atoms with E-state index >= 15 is 0 Å². The van der Waals surface area contributed by atoms with Crippen LogP contribution in [0.2, 0.25) is 0 Å².